The van der Waals surface area contributed by atoms with E-state index in [1.807, 2.05) is 0 Å². The Bertz CT molecular complexity index is 312. The maximum atomic E-state index is 10.9. The molecule has 0 unspecified atom stereocenters. The molecule has 0 aliphatic carbocycles. The van der Waals surface area contributed by atoms with Crippen molar-refractivity contribution in [2.45, 2.75) is 6.92 Å². The SMILES string of the molecule is CNc1ccc(C(C)=O)c([NH-])c1.[Ac]. The Morgan fingerprint density at radius 1 is 1.46 bits per heavy atom. The molecule has 0 aromatic heterocycles. The van der Waals surface area contributed by atoms with E-state index >= 15 is 0 Å². The van der Waals surface area contributed by atoms with Gasteiger partial charge in [0.2, 0.25) is 0 Å². The maximum absolute atomic E-state index is 10.9. The Morgan fingerprint density at radius 2 is 2.08 bits per heavy atom. The summed E-state index contributed by atoms with van der Waals surface area (Å²) in [4.78, 5) is 10.9. The summed E-state index contributed by atoms with van der Waals surface area (Å²) in [5.74, 6) is -0.0670. The first kappa shape index (κ1) is 12.9. The molecule has 2 N–H and O–H groups in total. The molecule has 0 bridgehead atoms. The normalized spacial score (nSPS) is 8.77. The van der Waals surface area contributed by atoms with Crippen molar-refractivity contribution in [1.29, 1.82) is 0 Å². The molecule has 0 aliphatic rings. The van der Waals surface area contributed by atoms with Gasteiger partial charge in [-0.1, -0.05) is 12.1 Å². The third-order valence-electron chi connectivity index (χ3n) is 1.69. The van der Waals surface area contributed by atoms with Crippen LogP contribution in [0.4, 0.5) is 11.4 Å². The van der Waals surface area contributed by atoms with Gasteiger partial charge in [0.25, 0.3) is 0 Å². The quantitative estimate of drug-likeness (QED) is 0.790. The molecule has 1 radical (unpaired) electrons. The molecule has 0 saturated heterocycles. The molecular formula is C9H11AcN2O-. The van der Waals surface area contributed by atoms with E-state index < -0.39 is 0 Å². The standard InChI is InChI=1S/C9H12N2O.Ac/c1-6(12)8-4-3-7(11-2)5-9(8)10;/h3-5H,1-2H3,(H3,10,11,12);/p-1. The molecular weight excluding hydrogens is 379 g/mol. The van der Waals surface area contributed by atoms with E-state index in [9.17, 15) is 4.79 Å². The fourth-order valence-electron chi connectivity index (χ4n) is 1.01. The van der Waals surface area contributed by atoms with Crippen molar-refractivity contribution < 1.29 is 48.9 Å². The van der Waals surface area contributed by atoms with Crippen LogP contribution in [0.25, 0.3) is 5.73 Å². The second-order valence-corrected chi connectivity index (χ2v) is 2.57. The first-order chi connectivity index (χ1) is 5.65. The number of carbonyl (C=O) groups excluding carboxylic acids is 1. The zero-order chi connectivity index (χ0) is 9.14. The van der Waals surface area contributed by atoms with E-state index in [0.717, 1.165) is 5.69 Å². The van der Waals surface area contributed by atoms with Crippen molar-refractivity contribution in [1.82, 2.24) is 0 Å². The smallest absolute Gasteiger partial charge is 0.158 e. The van der Waals surface area contributed by atoms with Gasteiger partial charge in [-0.3, -0.25) is 4.79 Å². The van der Waals surface area contributed by atoms with E-state index in [2.05, 4.69) is 5.32 Å². The van der Waals surface area contributed by atoms with Crippen LogP contribution >= 0.6 is 0 Å². The monoisotopic (exact) mass is 390 g/mol. The van der Waals surface area contributed by atoms with Crippen LogP contribution in [-0.4, -0.2) is 12.8 Å². The van der Waals surface area contributed by atoms with Gasteiger partial charge in [0.05, 0.1) is 0 Å². The number of nitrogens with one attached hydrogen (secondary N) is 2. The van der Waals surface area contributed by atoms with Gasteiger partial charge >= 0.3 is 0 Å². The number of anilines is 1. The van der Waals surface area contributed by atoms with Crippen LogP contribution in [0.3, 0.4) is 0 Å². The minimum Gasteiger partial charge on any atom is -0.698 e. The summed E-state index contributed by atoms with van der Waals surface area (Å²) in [5, 5.41) is 2.90. The predicted octanol–water partition coefficient (Wildman–Crippen LogP) is 2.61. The molecule has 3 nitrogen and oxygen atoms in total. The van der Waals surface area contributed by atoms with Crippen LogP contribution in [0.1, 0.15) is 17.3 Å². The summed E-state index contributed by atoms with van der Waals surface area (Å²) in [5.41, 5.74) is 9.08. The number of benzene rings is 1. The third kappa shape index (κ3) is 3.28. The number of ketones is 1. The molecule has 0 heterocycles. The van der Waals surface area contributed by atoms with Gasteiger partial charge in [-0.15, -0.1) is 5.69 Å². The zero-order valence-electron chi connectivity index (χ0n) is 7.72. The van der Waals surface area contributed by atoms with Gasteiger partial charge in [0.1, 0.15) is 0 Å². The van der Waals surface area contributed by atoms with Gasteiger partial charge in [-0.25, -0.2) is 0 Å². The Labute approximate surface area is 114 Å². The van der Waals surface area contributed by atoms with Crippen molar-refractivity contribution >= 4 is 17.2 Å². The van der Waals surface area contributed by atoms with Gasteiger partial charge < -0.3 is 11.1 Å². The average Bonchev–Trinajstić information content (AvgIpc) is 2.03. The molecule has 67 valence electrons. The molecule has 1 aromatic rings. The van der Waals surface area contributed by atoms with Gasteiger partial charge in [-0.2, -0.15) is 0 Å². The van der Waals surface area contributed by atoms with Crippen molar-refractivity contribution in [2.24, 2.45) is 0 Å². The van der Waals surface area contributed by atoms with E-state index in [0.29, 0.717) is 5.56 Å². The molecule has 0 fully saturated rings. The fourth-order valence-corrected chi connectivity index (χ4v) is 1.01. The summed E-state index contributed by atoms with van der Waals surface area (Å²) in [6, 6.07) is 5.09. The number of Topliss-reactive ketones (excluding diaryl/α,β-unsaturated/α-hetero) is 1. The Balaban J connectivity index is 0.00000144. The van der Waals surface area contributed by atoms with Gasteiger partial charge in [0, 0.05) is 62.4 Å². The van der Waals surface area contributed by atoms with E-state index in [1.165, 1.54) is 6.92 Å². The van der Waals surface area contributed by atoms with Crippen LogP contribution < -0.4 is 5.32 Å². The number of carbonyl (C=O) groups is 1. The average molecular weight is 390 g/mol. The van der Waals surface area contributed by atoms with E-state index in [-0.39, 0.29) is 55.5 Å². The molecule has 0 saturated carbocycles. The van der Waals surface area contributed by atoms with Crippen LogP contribution in [0, 0.1) is 44.1 Å². The number of hydrogen-bond acceptors (Lipinski definition) is 2. The predicted molar refractivity (Wildman–Crippen MR) is 50.0 cm³/mol. The van der Waals surface area contributed by atoms with Crippen LogP contribution in [0.5, 0.6) is 0 Å². The summed E-state index contributed by atoms with van der Waals surface area (Å²) >= 11 is 0. The second-order valence-electron chi connectivity index (χ2n) is 2.57. The zero-order valence-corrected chi connectivity index (χ0v) is 12.5. The molecule has 0 spiro atoms. The Hall–Kier alpha value is -0.0684. The topological polar surface area (TPSA) is 52.9 Å². The molecule has 1 aromatic carbocycles. The maximum Gasteiger partial charge on any atom is 0.158 e. The van der Waals surface area contributed by atoms with Gasteiger partial charge in [-0.05, 0) is 13.0 Å². The molecule has 13 heavy (non-hydrogen) atoms. The minimum atomic E-state index is -0.0670. The van der Waals surface area contributed by atoms with Crippen molar-refractivity contribution in [3.63, 3.8) is 0 Å². The molecule has 4 heteroatoms. The number of rotatable bonds is 2. The molecule has 0 amide bonds. The van der Waals surface area contributed by atoms with Crippen molar-refractivity contribution in [2.75, 3.05) is 12.4 Å². The van der Waals surface area contributed by atoms with E-state index in [1.54, 1.807) is 25.2 Å². The van der Waals surface area contributed by atoms with Crippen LogP contribution in [-0.2, 0) is 0 Å². The van der Waals surface area contributed by atoms with Crippen LogP contribution in [0.15, 0.2) is 18.2 Å². The largest absolute Gasteiger partial charge is 0.698 e. The van der Waals surface area contributed by atoms with Crippen LogP contribution in [0.2, 0.25) is 0 Å². The second kappa shape index (κ2) is 5.62. The fraction of sp³-hybridized carbons (Fsp3) is 0.222. The number of hydrogen-bond donors (Lipinski definition) is 1. The van der Waals surface area contributed by atoms with E-state index in [4.69, 9.17) is 5.73 Å². The summed E-state index contributed by atoms with van der Waals surface area (Å²) in [6.45, 7) is 1.46. The Kier molecular flexibility index (Phi) is 5.59. The summed E-state index contributed by atoms with van der Waals surface area (Å²) in [7, 11) is 1.78. The van der Waals surface area contributed by atoms with Gasteiger partial charge in [0.15, 0.2) is 5.78 Å². The first-order valence-electron chi connectivity index (χ1n) is 3.69. The molecule has 0 atom stereocenters. The minimum absolute atomic E-state index is 0. The first-order valence-corrected chi connectivity index (χ1v) is 3.69. The van der Waals surface area contributed by atoms with Crippen molar-refractivity contribution in [3.05, 3.63) is 29.5 Å². The summed E-state index contributed by atoms with van der Waals surface area (Å²) in [6.07, 6.45) is 0. The summed E-state index contributed by atoms with van der Waals surface area (Å²) < 4.78 is 0. The molecule has 1 rings (SSSR count). The molecule has 0 aliphatic heterocycles. The third-order valence-corrected chi connectivity index (χ3v) is 1.69. The van der Waals surface area contributed by atoms with Crippen molar-refractivity contribution in [3.8, 4) is 0 Å². The Morgan fingerprint density at radius 3 is 2.46 bits per heavy atom.